The second kappa shape index (κ2) is 6.09. The fraction of sp³-hybridized carbons (Fsp3) is 0.562. The van der Waals surface area contributed by atoms with E-state index in [2.05, 4.69) is 12.2 Å². The number of hydrogen-bond acceptors (Lipinski definition) is 3. The smallest absolute Gasteiger partial charge is 0.331 e. The lowest BCUT2D eigenvalue weighted by Crippen LogP contribution is -2.45. The first-order valence-electron chi connectivity index (χ1n) is 7.20. The lowest BCUT2D eigenvalue weighted by molar-refractivity contribution is -0.148. The van der Waals surface area contributed by atoms with Crippen LogP contribution in [-0.2, 0) is 9.53 Å². The van der Waals surface area contributed by atoms with Crippen molar-refractivity contribution in [3.63, 3.8) is 0 Å². The number of esters is 1. The molecule has 0 amide bonds. The van der Waals surface area contributed by atoms with E-state index in [9.17, 15) is 4.79 Å². The molecule has 1 aromatic rings. The van der Waals surface area contributed by atoms with Crippen molar-refractivity contribution in [2.45, 2.75) is 45.1 Å². The molecule has 1 fully saturated rings. The quantitative estimate of drug-likeness (QED) is 0.823. The number of carbonyl (C=O) groups is 1. The topological polar surface area (TPSA) is 38.3 Å². The van der Waals surface area contributed by atoms with Crippen LogP contribution < -0.4 is 5.32 Å². The number of rotatable bonds is 5. The van der Waals surface area contributed by atoms with Crippen LogP contribution in [0.15, 0.2) is 30.3 Å². The van der Waals surface area contributed by atoms with Crippen molar-refractivity contribution in [3.05, 3.63) is 30.3 Å². The van der Waals surface area contributed by atoms with Gasteiger partial charge < -0.3 is 10.1 Å². The molecule has 3 heteroatoms. The number of hydrogen-bond donors (Lipinski definition) is 1. The minimum absolute atomic E-state index is 0.102. The molecule has 2 atom stereocenters. The molecule has 2 rings (SSSR count). The summed E-state index contributed by atoms with van der Waals surface area (Å²) in [4.78, 5) is 12.3. The highest BCUT2D eigenvalue weighted by molar-refractivity contribution is 5.85. The molecule has 3 nitrogen and oxygen atoms in total. The van der Waals surface area contributed by atoms with Gasteiger partial charge >= 0.3 is 5.97 Å². The number of ether oxygens (including phenoxy) is 1. The van der Waals surface area contributed by atoms with Crippen molar-refractivity contribution in [3.8, 4) is 0 Å². The number of nitrogens with one attached hydrogen (secondary N) is 1. The molecule has 0 heterocycles. The maximum atomic E-state index is 12.3. The minimum atomic E-state index is -0.530. The van der Waals surface area contributed by atoms with Gasteiger partial charge in [-0.3, -0.25) is 0 Å². The van der Waals surface area contributed by atoms with E-state index in [4.69, 9.17) is 4.74 Å². The van der Waals surface area contributed by atoms with Crippen molar-refractivity contribution in [2.24, 2.45) is 5.92 Å². The second-order valence-electron chi connectivity index (χ2n) is 5.31. The fourth-order valence-corrected chi connectivity index (χ4v) is 2.91. The van der Waals surface area contributed by atoms with Gasteiger partial charge in [0.2, 0.25) is 0 Å². The van der Waals surface area contributed by atoms with Gasteiger partial charge in [-0.05, 0) is 44.2 Å². The zero-order chi connectivity index (χ0) is 13.7. The average Bonchev–Trinajstić information content (AvgIpc) is 2.85. The Balaban J connectivity index is 2.18. The molecule has 1 aliphatic rings. The van der Waals surface area contributed by atoms with E-state index >= 15 is 0 Å². The number of benzene rings is 1. The normalized spacial score (nSPS) is 26.1. The number of anilines is 1. The zero-order valence-corrected chi connectivity index (χ0v) is 11.8. The summed E-state index contributed by atoms with van der Waals surface area (Å²) in [6.45, 7) is 4.49. The Morgan fingerprint density at radius 2 is 2.11 bits per heavy atom. The van der Waals surface area contributed by atoms with Crippen LogP contribution in [0.5, 0.6) is 0 Å². The largest absolute Gasteiger partial charge is 0.464 e. The third kappa shape index (κ3) is 3.09. The van der Waals surface area contributed by atoms with Gasteiger partial charge in [-0.25, -0.2) is 4.79 Å². The lowest BCUT2D eigenvalue weighted by Gasteiger charge is -2.29. The van der Waals surface area contributed by atoms with Crippen LogP contribution in [-0.4, -0.2) is 18.1 Å². The van der Waals surface area contributed by atoms with Crippen LogP contribution in [0.4, 0.5) is 5.69 Å². The Bertz CT molecular complexity index is 418. The highest BCUT2D eigenvalue weighted by Crippen LogP contribution is 2.39. The molecule has 0 saturated heterocycles. The van der Waals surface area contributed by atoms with E-state index in [-0.39, 0.29) is 5.97 Å². The molecule has 0 aromatic heterocycles. The van der Waals surface area contributed by atoms with Crippen LogP contribution >= 0.6 is 0 Å². The minimum Gasteiger partial charge on any atom is -0.464 e. The summed E-state index contributed by atoms with van der Waals surface area (Å²) in [7, 11) is 0. The van der Waals surface area contributed by atoms with Gasteiger partial charge in [0.15, 0.2) is 0 Å². The SMILES string of the molecule is CCOC(=O)C1(Nc2ccccc2)CCC(CC)C1. The monoisotopic (exact) mass is 261 g/mol. The van der Waals surface area contributed by atoms with Crippen LogP contribution in [0, 0.1) is 5.92 Å². The third-order valence-electron chi connectivity index (χ3n) is 4.02. The van der Waals surface area contributed by atoms with Gasteiger partial charge in [-0.1, -0.05) is 31.5 Å². The predicted octanol–water partition coefficient (Wildman–Crippen LogP) is 3.61. The highest BCUT2D eigenvalue weighted by atomic mass is 16.5. The van der Waals surface area contributed by atoms with Crippen molar-refractivity contribution in [1.29, 1.82) is 0 Å². The van der Waals surface area contributed by atoms with E-state index in [0.29, 0.717) is 12.5 Å². The second-order valence-corrected chi connectivity index (χ2v) is 5.31. The van der Waals surface area contributed by atoms with Crippen LogP contribution in [0.1, 0.15) is 39.5 Å². The molecular weight excluding hydrogens is 238 g/mol. The summed E-state index contributed by atoms with van der Waals surface area (Å²) in [5.41, 5.74) is 0.463. The Kier molecular flexibility index (Phi) is 4.46. The summed E-state index contributed by atoms with van der Waals surface area (Å²) >= 11 is 0. The van der Waals surface area contributed by atoms with Crippen LogP contribution in [0.3, 0.4) is 0 Å². The Morgan fingerprint density at radius 1 is 1.37 bits per heavy atom. The van der Waals surface area contributed by atoms with Gasteiger partial charge in [-0.15, -0.1) is 0 Å². The van der Waals surface area contributed by atoms with E-state index < -0.39 is 5.54 Å². The molecule has 1 saturated carbocycles. The zero-order valence-electron chi connectivity index (χ0n) is 11.8. The maximum absolute atomic E-state index is 12.3. The van der Waals surface area contributed by atoms with E-state index in [1.54, 1.807) is 0 Å². The summed E-state index contributed by atoms with van der Waals surface area (Å²) < 4.78 is 5.29. The fourth-order valence-electron chi connectivity index (χ4n) is 2.91. The van der Waals surface area contributed by atoms with Gasteiger partial charge in [0.25, 0.3) is 0 Å². The molecule has 104 valence electrons. The summed E-state index contributed by atoms with van der Waals surface area (Å²) in [6.07, 6.45) is 3.95. The molecule has 1 aromatic carbocycles. The van der Waals surface area contributed by atoms with Crippen molar-refractivity contribution < 1.29 is 9.53 Å². The van der Waals surface area contributed by atoms with E-state index in [1.807, 2.05) is 37.3 Å². The number of carbonyl (C=O) groups excluding carboxylic acids is 1. The molecule has 19 heavy (non-hydrogen) atoms. The van der Waals surface area contributed by atoms with E-state index in [1.165, 1.54) is 0 Å². The van der Waals surface area contributed by atoms with Gasteiger partial charge in [-0.2, -0.15) is 0 Å². The first kappa shape index (κ1) is 13.9. The van der Waals surface area contributed by atoms with E-state index in [0.717, 1.165) is 31.4 Å². The Hall–Kier alpha value is -1.51. The standard InChI is InChI=1S/C16H23NO2/c1-3-13-10-11-16(12-13,15(18)19-4-2)17-14-8-6-5-7-9-14/h5-9,13,17H,3-4,10-12H2,1-2H3. The average molecular weight is 261 g/mol. The number of para-hydroxylation sites is 1. The molecule has 1 N–H and O–H groups in total. The summed E-state index contributed by atoms with van der Waals surface area (Å²) in [6, 6.07) is 9.94. The first-order chi connectivity index (χ1) is 9.20. The maximum Gasteiger partial charge on any atom is 0.331 e. The Morgan fingerprint density at radius 3 is 2.68 bits per heavy atom. The van der Waals surface area contributed by atoms with Crippen molar-refractivity contribution >= 4 is 11.7 Å². The van der Waals surface area contributed by atoms with Gasteiger partial charge in [0.1, 0.15) is 5.54 Å². The molecule has 0 spiro atoms. The third-order valence-corrected chi connectivity index (χ3v) is 4.02. The van der Waals surface area contributed by atoms with Crippen LogP contribution in [0.2, 0.25) is 0 Å². The highest BCUT2D eigenvalue weighted by Gasteiger charge is 2.46. The van der Waals surface area contributed by atoms with Crippen molar-refractivity contribution in [1.82, 2.24) is 0 Å². The first-order valence-corrected chi connectivity index (χ1v) is 7.20. The molecule has 0 radical (unpaired) electrons. The van der Waals surface area contributed by atoms with Crippen LogP contribution in [0.25, 0.3) is 0 Å². The molecular formula is C16H23NO2. The lowest BCUT2D eigenvalue weighted by atomic mass is 9.94. The molecule has 2 unspecified atom stereocenters. The van der Waals surface area contributed by atoms with Gasteiger partial charge in [0, 0.05) is 5.69 Å². The Labute approximate surface area is 115 Å². The van der Waals surface area contributed by atoms with Crippen molar-refractivity contribution in [2.75, 3.05) is 11.9 Å². The predicted molar refractivity (Wildman–Crippen MR) is 77.1 cm³/mol. The summed E-state index contributed by atoms with van der Waals surface area (Å²) in [5, 5.41) is 3.43. The summed E-state index contributed by atoms with van der Waals surface area (Å²) in [5.74, 6) is 0.510. The molecule has 0 bridgehead atoms. The van der Waals surface area contributed by atoms with Gasteiger partial charge in [0.05, 0.1) is 6.61 Å². The molecule has 0 aliphatic heterocycles. The molecule has 1 aliphatic carbocycles.